The quantitative estimate of drug-likeness (QED) is 0.855. The van der Waals surface area contributed by atoms with Gasteiger partial charge in [0, 0.05) is 37.1 Å². The van der Waals surface area contributed by atoms with Gasteiger partial charge in [0.05, 0.1) is 12.6 Å². The maximum atomic E-state index is 12.2. The van der Waals surface area contributed by atoms with Crippen molar-refractivity contribution in [3.05, 3.63) is 22.4 Å². The number of carbonyl (C=O) groups excluding carboxylic acids is 2. The Bertz CT molecular complexity index is 540. The number of likely N-dealkylation sites (tertiary alicyclic amines) is 1. The molecule has 0 aliphatic carbocycles. The normalized spacial score (nSPS) is 21.3. The number of piperidine rings is 1. The van der Waals surface area contributed by atoms with Crippen LogP contribution in [0.1, 0.15) is 30.7 Å². The van der Waals surface area contributed by atoms with Gasteiger partial charge >= 0.3 is 6.03 Å². The first-order chi connectivity index (χ1) is 11.1. The molecule has 0 aromatic carbocycles. The number of nitrogens with one attached hydrogen (secondary N) is 2. The standard InChI is InChI=1S/C16H24N4O2S/c1-12(14-3-2-10-23-14)18-15(21)11-19-7-4-13(5-8-19)20-9-6-17-16(20)22/h2-3,10,12-13H,4-9,11H2,1H3,(H,17,22)(H,18,21). The van der Waals surface area contributed by atoms with Gasteiger partial charge in [-0.2, -0.15) is 0 Å². The van der Waals surface area contributed by atoms with Crippen LogP contribution in [0.2, 0.25) is 0 Å². The number of hydrogen-bond donors (Lipinski definition) is 2. The predicted molar refractivity (Wildman–Crippen MR) is 90.4 cm³/mol. The van der Waals surface area contributed by atoms with E-state index in [4.69, 9.17) is 0 Å². The molecule has 2 fully saturated rings. The molecule has 0 saturated carbocycles. The number of carbonyl (C=O) groups is 2. The average molecular weight is 336 g/mol. The van der Waals surface area contributed by atoms with Crippen molar-refractivity contribution >= 4 is 23.3 Å². The Morgan fingerprint density at radius 2 is 2.22 bits per heavy atom. The maximum absolute atomic E-state index is 12.2. The molecule has 0 spiro atoms. The zero-order valence-electron chi connectivity index (χ0n) is 13.5. The number of urea groups is 1. The number of nitrogens with zero attached hydrogens (tertiary/aromatic N) is 2. The highest BCUT2D eigenvalue weighted by molar-refractivity contribution is 7.10. The molecular formula is C16H24N4O2S. The molecule has 126 valence electrons. The van der Waals surface area contributed by atoms with Crippen LogP contribution in [-0.4, -0.2) is 60.5 Å². The third-order valence-corrected chi connectivity index (χ3v) is 5.66. The molecule has 2 aliphatic heterocycles. The van der Waals surface area contributed by atoms with Gasteiger partial charge in [-0.3, -0.25) is 9.69 Å². The summed E-state index contributed by atoms with van der Waals surface area (Å²) >= 11 is 1.66. The lowest BCUT2D eigenvalue weighted by Gasteiger charge is -2.35. The molecule has 1 aromatic rings. The van der Waals surface area contributed by atoms with Crippen molar-refractivity contribution in [1.82, 2.24) is 20.4 Å². The highest BCUT2D eigenvalue weighted by Gasteiger charge is 2.31. The van der Waals surface area contributed by atoms with Crippen LogP contribution >= 0.6 is 11.3 Å². The maximum Gasteiger partial charge on any atom is 0.317 e. The Morgan fingerprint density at radius 1 is 1.43 bits per heavy atom. The Kier molecular flexibility index (Phi) is 5.17. The number of amides is 3. The molecule has 1 unspecified atom stereocenters. The van der Waals surface area contributed by atoms with Crippen LogP contribution in [0.4, 0.5) is 4.79 Å². The molecule has 1 aromatic heterocycles. The average Bonchev–Trinajstić information content (AvgIpc) is 3.19. The molecule has 3 rings (SSSR count). The van der Waals surface area contributed by atoms with Crippen LogP contribution in [-0.2, 0) is 4.79 Å². The fourth-order valence-electron chi connectivity index (χ4n) is 3.32. The molecule has 3 amide bonds. The molecule has 2 aliphatic rings. The second kappa shape index (κ2) is 7.31. The van der Waals surface area contributed by atoms with Crippen LogP contribution in [0.3, 0.4) is 0 Å². The lowest BCUT2D eigenvalue weighted by atomic mass is 10.0. The van der Waals surface area contributed by atoms with Crippen LogP contribution in [0.15, 0.2) is 17.5 Å². The summed E-state index contributed by atoms with van der Waals surface area (Å²) < 4.78 is 0. The van der Waals surface area contributed by atoms with E-state index in [2.05, 4.69) is 15.5 Å². The van der Waals surface area contributed by atoms with E-state index in [1.54, 1.807) is 11.3 Å². The minimum absolute atomic E-state index is 0.0611. The summed E-state index contributed by atoms with van der Waals surface area (Å²) in [6, 6.07) is 4.49. The first-order valence-electron chi connectivity index (χ1n) is 8.23. The van der Waals surface area contributed by atoms with E-state index < -0.39 is 0 Å². The smallest absolute Gasteiger partial charge is 0.317 e. The molecule has 0 radical (unpaired) electrons. The minimum atomic E-state index is 0.0611. The first kappa shape index (κ1) is 16.3. The monoisotopic (exact) mass is 336 g/mol. The second-order valence-electron chi connectivity index (χ2n) is 6.24. The van der Waals surface area contributed by atoms with E-state index in [1.807, 2.05) is 29.3 Å². The van der Waals surface area contributed by atoms with Crippen molar-refractivity contribution in [2.45, 2.75) is 31.8 Å². The Morgan fingerprint density at radius 3 is 2.83 bits per heavy atom. The van der Waals surface area contributed by atoms with Gasteiger partial charge in [0.1, 0.15) is 0 Å². The van der Waals surface area contributed by atoms with Crippen molar-refractivity contribution in [3.63, 3.8) is 0 Å². The van der Waals surface area contributed by atoms with Crippen molar-refractivity contribution in [3.8, 4) is 0 Å². The molecule has 2 saturated heterocycles. The lowest BCUT2D eigenvalue weighted by Crippen LogP contribution is -2.48. The molecule has 6 nitrogen and oxygen atoms in total. The second-order valence-corrected chi connectivity index (χ2v) is 7.22. The molecule has 1 atom stereocenters. The Hall–Kier alpha value is -1.60. The van der Waals surface area contributed by atoms with Gasteiger partial charge < -0.3 is 15.5 Å². The third kappa shape index (κ3) is 4.03. The summed E-state index contributed by atoms with van der Waals surface area (Å²) in [7, 11) is 0. The Labute approximate surface area is 140 Å². The fourth-order valence-corrected chi connectivity index (χ4v) is 4.06. The van der Waals surface area contributed by atoms with Crippen LogP contribution in [0, 0.1) is 0 Å². The minimum Gasteiger partial charge on any atom is -0.348 e. The van der Waals surface area contributed by atoms with E-state index in [1.165, 1.54) is 4.88 Å². The summed E-state index contributed by atoms with van der Waals surface area (Å²) in [6.07, 6.45) is 1.89. The first-order valence-corrected chi connectivity index (χ1v) is 9.11. The number of rotatable bonds is 5. The van der Waals surface area contributed by atoms with E-state index in [9.17, 15) is 9.59 Å². The zero-order valence-corrected chi connectivity index (χ0v) is 14.3. The van der Waals surface area contributed by atoms with Gasteiger partial charge in [0.2, 0.25) is 5.91 Å². The SMILES string of the molecule is CC(NC(=O)CN1CCC(N2CCNC2=O)CC1)c1cccs1. The van der Waals surface area contributed by atoms with Crippen LogP contribution < -0.4 is 10.6 Å². The number of hydrogen-bond acceptors (Lipinski definition) is 4. The highest BCUT2D eigenvalue weighted by Crippen LogP contribution is 2.19. The van der Waals surface area contributed by atoms with Gasteiger partial charge in [-0.1, -0.05) is 6.07 Å². The molecule has 2 N–H and O–H groups in total. The van der Waals surface area contributed by atoms with Crippen LogP contribution in [0.25, 0.3) is 0 Å². The molecule has 3 heterocycles. The molecule has 7 heteroatoms. The summed E-state index contributed by atoms with van der Waals surface area (Å²) in [5.41, 5.74) is 0. The van der Waals surface area contributed by atoms with Gasteiger partial charge in [-0.15, -0.1) is 11.3 Å². The zero-order chi connectivity index (χ0) is 16.2. The molecular weight excluding hydrogens is 312 g/mol. The largest absolute Gasteiger partial charge is 0.348 e. The Balaban J connectivity index is 1.41. The van der Waals surface area contributed by atoms with Crippen molar-refractivity contribution in [2.75, 3.05) is 32.7 Å². The van der Waals surface area contributed by atoms with E-state index in [0.717, 1.165) is 39.0 Å². The third-order valence-electron chi connectivity index (χ3n) is 4.60. The van der Waals surface area contributed by atoms with Crippen LogP contribution in [0.5, 0.6) is 0 Å². The van der Waals surface area contributed by atoms with Crippen molar-refractivity contribution < 1.29 is 9.59 Å². The summed E-state index contributed by atoms with van der Waals surface area (Å²) in [6.45, 7) is 5.76. The molecule has 0 bridgehead atoms. The van der Waals surface area contributed by atoms with E-state index >= 15 is 0 Å². The fraction of sp³-hybridized carbons (Fsp3) is 0.625. The van der Waals surface area contributed by atoms with Crippen molar-refractivity contribution in [1.29, 1.82) is 0 Å². The summed E-state index contributed by atoms with van der Waals surface area (Å²) in [5.74, 6) is 0.0725. The van der Waals surface area contributed by atoms with Crippen molar-refractivity contribution in [2.24, 2.45) is 0 Å². The van der Waals surface area contributed by atoms with Gasteiger partial charge in [0.15, 0.2) is 0 Å². The summed E-state index contributed by atoms with van der Waals surface area (Å²) in [5, 5.41) is 7.94. The number of thiophene rings is 1. The summed E-state index contributed by atoms with van der Waals surface area (Å²) in [4.78, 5) is 29.2. The van der Waals surface area contributed by atoms with E-state index in [-0.39, 0.29) is 18.0 Å². The lowest BCUT2D eigenvalue weighted by molar-refractivity contribution is -0.123. The highest BCUT2D eigenvalue weighted by atomic mass is 32.1. The van der Waals surface area contributed by atoms with Gasteiger partial charge in [0.25, 0.3) is 0 Å². The predicted octanol–water partition coefficient (Wildman–Crippen LogP) is 1.41. The van der Waals surface area contributed by atoms with E-state index in [0.29, 0.717) is 12.6 Å². The molecule has 23 heavy (non-hydrogen) atoms. The van der Waals surface area contributed by atoms with Gasteiger partial charge in [-0.05, 0) is 31.2 Å². The topological polar surface area (TPSA) is 64.7 Å². The van der Waals surface area contributed by atoms with Gasteiger partial charge in [-0.25, -0.2) is 4.79 Å².